The number of likely N-dealkylation sites (tertiary alicyclic amines) is 1. The van der Waals surface area contributed by atoms with Gasteiger partial charge in [-0.3, -0.25) is 0 Å². The minimum absolute atomic E-state index is 0.280. The third kappa shape index (κ3) is 2.11. The molecule has 1 aliphatic heterocycles. The second-order valence-electron chi connectivity index (χ2n) is 4.96. The number of benzene rings is 1. The van der Waals surface area contributed by atoms with Gasteiger partial charge in [0.25, 0.3) is 0 Å². The molecule has 4 nitrogen and oxygen atoms in total. The Kier molecular flexibility index (Phi) is 2.80. The van der Waals surface area contributed by atoms with E-state index >= 15 is 0 Å². The molecule has 0 bridgehead atoms. The van der Waals surface area contributed by atoms with Crippen molar-refractivity contribution in [2.45, 2.75) is 12.5 Å². The number of hydrogen-bond donors (Lipinski definition) is 2. The minimum atomic E-state index is 0.280. The number of fused-ring (bicyclic) bond motifs is 1. The molecule has 4 heteroatoms. The van der Waals surface area contributed by atoms with Gasteiger partial charge in [-0.1, -0.05) is 6.07 Å². The predicted octanol–water partition coefficient (Wildman–Crippen LogP) is 2.06. The second kappa shape index (κ2) is 4.46. The van der Waals surface area contributed by atoms with Crippen LogP contribution in [0.1, 0.15) is 6.42 Å². The number of aromatic hydroxyl groups is 1. The molecule has 1 unspecified atom stereocenters. The van der Waals surface area contributed by atoms with Crippen molar-refractivity contribution in [1.29, 1.82) is 0 Å². The highest BCUT2D eigenvalue weighted by molar-refractivity contribution is 5.92. The Morgan fingerprint density at radius 3 is 3.06 bits per heavy atom. The zero-order chi connectivity index (χ0) is 12.5. The number of pyridine rings is 1. The van der Waals surface area contributed by atoms with Crippen LogP contribution in [0.4, 0.5) is 5.82 Å². The number of likely N-dealkylation sites (N-methyl/N-ethyl adjacent to an activating group) is 1. The fraction of sp³-hybridized carbons (Fsp3) is 0.357. The van der Waals surface area contributed by atoms with Gasteiger partial charge in [-0.15, -0.1) is 0 Å². The zero-order valence-electron chi connectivity index (χ0n) is 10.4. The molecule has 1 atom stereocenters. The number of rotatable bonds is 2. The van der Waals surface area contributed by atoms with E-state index < -0.39 is 0 Å². The quantitative estimate of drug-likeness (QED) is 0.847. The first-order valence-electron chi connectivity index (χ1n) is 6.25. The van der Waals surface area contributed by atoms with Gasteiger partial charge < -0.3 is 15.3 Å². The standard InChI is InChI=1S/C14H17N3O/c1-17-7-5-11(9-17)16-14-13-8-12(18)3-2-10(13)4-6-15-14/h2-4,6,8,11,18H,5,7,9H2,1H3,(H,15,16). The van der Waals surface area contributed by atoms with Crippen molar-refractivity contribution in [3.63, 3.8) is 0 Å². The Morgan fingerprint density at radius 2 is 2.28 bits per heavy atom. The Morgan fingerprint density at radius 1 is 1.39 bits per heavy atom. The van der Waals surface area contributed by atoms with Gasteiger partial charge in [0, 0.05) is 24.2 Å². The van der Waals surface area contributed by atoms with Crippen molar-refractivity contribution >= 4 is 16.6 Å². The van der Waals surface area contributed by atoms with Crippen LogP contribution in [0.15, 0.2) is 30.5 Å². The lowest BCUT2D eigenvalue weighted by atomic mass is 10.1. The van der Waals surface area contributed by atoms with E-state index in [1.165, 1.54) is 0 Å². The lowest BCUT2D eigenvalue weighted by Gasteiger charge is -2.15. The maximum absolute atomic E-state index is 9.59. The number of nitrogens with zero attached hydrogens (tertiary/aromatic N) is 2. The van der Waals surface area contributed by atoms with Crippen molar-refractivity contribution in [3.8, 4) is 5.75 Å². The van der Waals surface area contributed by atoms with E-state index in [1.54, 1.807) is 18.3 Å². The summed E-state index contributed by atoms with van der Waals surface area (Å²) in [4.78, 5) is 6.70. The Hall–Kier alpha value is -1.81. The van der Waals surface area contributed by atoms with Gasteiger partial charge in [-0.2, -0.15) is 0 Å². The molecule has 1 aliphatic rings. The molecule has 1 saturated heterocycles. The Labute approximate surface area is 106 Å². The van der Waals surface area contributed by atoms with Gasteiger partial charge in [0.05, 0.1) is 0 Å². The summed E-state index contributed by atoms with van der Waals surface area (Å²) in [5, 5.41) is 15.1. The van der Waals surface area contributed by atoms with E-state index in [2.05, 4.69) is 22.2 Å². The molecule has 1 aromatic carbocycles. The summed E-state index contributed by atoms with van der Waals surface area (Å²) < 4.78 is 0. The molecule has 1 fully saturated rings. The van der Waals surface area contributed by atoms with E-state index in [0.717, 1.165) is 36.1 Å². The van der Waals surface area contributed by atoms with Gasteiger partial charge in [0.15, 0.2) is 0 Å². The fourth-order valence-electron chi connectivity index (χ4n) is 2.52. The van der Waals surface area contributed by atoms with Crippen molar-refractivity contribution in [3.05, 3.63) is 30.5 Å². The lowest BCUT2D eigenvalue weighted by molar-refractivity contribution is 0.414. The first kappa shape index (κ1) is 11.3. The van der Waals surface area contributed by atoms with Crippen LogP contribution in [0.3, 0.4) is 0 Å². The van der Waals surface area contributed by atoms with Crippen molar-refractivity contribution in [1.82, 2.24) is 9.88 Å². The molecular formula is C14H17N3O. The number of anilines is 1. The molecule has 18 heavy (non-hydrogen) atoms. The van der Waals surface area contributed by atoms with E-state index in [4.69, 9.17) is 0 Å². The Balaban J connectivity index is 1.93. The summed E-state index contributed by atoms with van der Waals surface area (Å²) in [6, 6.07) is 7.79. The molecular weight excluding hydrogens is 226 g/mol. The molecule has 1 aromatic heterocycles. The van der Waals surface area contributed by atoms with Crippen LogP contribution >= 0.6 is 0 Å². The first-order chi connectivity index (χ1) is 8.72. The highest BCUT2D eigenvalue weighted by Gasteiger charge is 2.20. The lowest BCUT2D eigenvalue weighted by Crippen LogP contribution is -2.24. The molecule has 0 saturated carbocycles. The van der Waals surface area contributed by atoms with Gasteiger partial charge in [-0.05, 0) is 43.6 Å². The topological polar surface area (TPSA) is 48.4 Å². The number of phenols is 1. The van der Waals surface area contributed by atoms with Crippen LogP contribution in [0.5, 0.6) is 5.75 Å². The third-order valence-corrected chi connectivity index (χ3v) is 3.48. The van der Waals surface area contributed by atoms with Gasteiger partial charge in [0.1, 0.15) is 11.6 Å². The summed E-state index contributed by atoms with van der Waals surface area (Å²) in [5.41, 5.74) is 0. The van der Waals surface area contributed by atoms with Crippen LogP contribution in [0, 0.1) is 0 Å². The highest BCUT2D eigenvalue weighted by Crippen LogP contribution is 2.26. The number of aromatic nitrogens is 1. The average molecular weight is 243 g/mol. The third-order valence-electron chi connectivity index (χ3n) is 3.48. The van der Waals surface area contributed by atoms with Crippen LogP contribution in [0.2, 0.25) is 0 Å². The van der Waals surface area contributed by atoms with Crippen LogP contribution < -0.4 is 5.32 Å². The van der Waals surface area contributed by atoms with E-state index in [-0.39, 0.29) is 5.75 Å². The molecule has 0 radical (unpaired) electrons. The summed E-state index contributed by atoms with van der Waals surface area (Å²) >= 11 is 0. The maximum Gasteiger partial charge on any atom is 0.134 e. The largest absolute Gasteiger partial charge is 0.508 e. The molecule has 94 valence electrons. The van der Waals surface area contributed by atoms with E-state index in [0.29, 0.717) is 6.04 Å². The predicted molar refractivity (Wildman–Crippen MR) is 72.9 cm³/mol. The number of nitrogens with one attached hydrogen (secondary N) is 1. The van der Waals surface area contributed by atoms with E-state index in [1.807, 2.05) is 12.1 Å². The number of phenolic OH excluding ortho intramolecular Hbond substituents is 1. The molecule has 2 aromatic rings. The monoisotopic (exact) mass is 243 g/mol. The summed E-state index contributed by atoms with van der Waals surface area (Å²) in [7, 11) is 2.13. The zero-order valence-corrected chi connectivity index (χ0v) is 10.4. The molecule has 0 spiro atoms. The van der Waals surface area contributed by atoms with Crippen molar-refractivity contribution < 1.29 is 5.11 Å². The fourth-order valence-corrected chi connectivity index (χ4v) is 2.52. The molecule has 0 amide bonds. The van der Waals surface area contributed by atoms with Crippen molar-refractivity contribution in [2.24, 2.45) is 0 Å². The van der Waals surface area contributed by atoms with Gasteiger partial charge in [-0.25, -0.2) is 4.98 Å². The molecule has 3 rings (SSSR count). The molecule has 2 N–H and O–H groups in total. The highest BCUT2D eigenvalue weighted by atomic mass is 16.3. The maximum atomic E-state index is 9.59. The first-order valence-corrected chi connectivity index (χ1v) is 6.25. The van der Waals surface area contributed by atoms with Crippen LogP contribution in [0.25, 0.3) is 10.8 Å². The summed E-state index contributed by atoms with van der Waals surface area (Å²) in [5.74, 6) is 1.14. The molecule has 2 heterocycles. The average Bonchev–Trinajstić information content (AvgIpc) is 2.76. The second-order valence-corrected chi connectivity index (χ2v) is 4.96. The summed E-state index contributed by atoms with van der Waals surface area (Å²) in [6.07, 6.45) is 2.94. The van der Waals surface area contributed by atoms with Crippen LogP contribution in [-0.4, -0.2) is 41.2 Å². The minimum Gasteiger partial charge on any atom is -0.508 e. The Bertz CT molecular complexity index is 570. The van der Waals surface area contributed by atoms with E-state index in [9.17, 15) is 5.11 Å². The van der Waals surface area contributed by atoms with Crippen LogP contribution in [-0.2, 0) is 0 Å². The smallest absolute Gasteiger partial charge is 0.134 e. The van der Waals surface area contributed by atoms with Gasteiger partial charge in [0.2, 0.25) is 0 Å². The summed E-state index contributed by atoms with van der Waals surface area (Å²) in [6.45, 7) is 2.16. The van der Waals surface area contributed by atoms with Gasteiger partial charge >= 0.3 is 0 Å². The number of hydrogen-bond acceptors (Lipinski definition) is 4. The molecule has 0 aliphatic carbocycles. The van der Waals surface area contributed by atoms with Crippen molar-refractivity contribution in [2.75, 3.05) is 25.5 Å². The SMILES string of the molecule is CN1CCC(Nc2nccc3ccc(O)cc23)C1. The normalized spacial score (nSPS) is 20.4.